The lowest BCUT2D eigenvalue weighted by molar-refractivity contribution is -0.116. The third kappa shape index (κ3) is 5.47. The Labute approximate surface area is 221 Å². The first-order valence-corrected chi connectivity index (χ1v) is 14.1. The van der Waals surface area contributed by atoms with Gasteiger partial charge in [0.15, 0.2) is 5.78 Å². The predicted molar refractivity (Wildman–Crippen MR) is 145 cm³/mol. The van der Waals surface area contributed by atoms with Gasteiger partial charge in [-0.15, -0.1) is 5.10 Å². The highest BCUT2D eigenvalue weighted by Crippen LogP contribution is 2.41. The number of Topliss-reactive ketones (excluding diaryl/α,β-unsaturated/α-hetero) is 1. The van der Waals surface area contributed by atoms with Gasteiger partial charge >= 0.3 is 0 Å². The molecule has 6 nitrogen and oxygen atoms in total. The number of carbonyl (C=O) groups excluding carboxylic acids is 1. The molecule has 0 saturated carbocycles. The first-order chi connectivity index (χ1) is 17.6. The largest absolute Gasteiger partial charge is 0.494 e. The zero-order chi connectivity index (χ0) is 24.9. The minimum Gasteiger partial charge on any atom is -0.494 e. The maximum absolute atomic E-state index is 13.1. The average molecular weight is 523 g/mol. The number of thioether (sulfide) groups is 1. The van der Waals surface area contributed by atoms with Crippen molar-refractivity contribution in [2.75, 3.05) is 11.9 Å². The third-order valence-electron chi connectivity index (χ3n) is 6.63. The van der Waals surface area contributed by atoms with Crippen molar-refractivity contribution in [2.24, 2.45) is 0 Å². The molecule has 0 spiro atoms. The summed E-state index contributed by atoms with van der Waals surface area (Å²) >= 11 is 7.87. The molecule has 1 N–H and O–H groups in total. The Morgan fingerprint density at radius 1 is 1.11 bits per heavy atom. The van der Waals surface area contributed by atoms with Gasteiger partial charge in [-0.05, 0) is 48.6 Å². The number of anilines is 1. The van der Waals surface area contributed by atoms with Crippen molar-refractivity contribution in [1.29, 1.82) is 0 Å². The molecule has 0 bridgehead atoms. The number of ketones is 1. The summed E-state index contributed by atoms with van der Waals surface area (Å²) in [6.45, 7) is 2.93. The van der Waals surface area contributed by atoms with E-state index in [4.69, 9.17) is 26.4 Å². The standard InChI is InChI=1S/C28H31ClN4O2S/c1-2-3-4-7-17-35-21-15-13-19(14-16-21)26-25-23(11-8-12-24(25)34)30-27-31-28(32-33(26)27)36-18-20-9-5-6-10-22(20)29/h5-6,9-10,13-16,26H,2-4,7-8,11-12,17-18H2,1H3,(H,30,31,32). The van der Waals surface area contributed by atoms with E-state index in [9.17, 15) is 4.79 Å². The number of carbonyl (C=O) groups is 1. The number of hydrogen-bond acceptors (Lipinski definition) is 6. The Morgan fingerprint density at radius 3 is 2.75 bits per heavy atom. The van der Waals surface area contributed by atoms with E-state index in [1.54, 1.807) is 0 Å². The highest BCUT2D eigenvalue weighted by Gasteiger charge is 2.36. The number of rotatable bonds is 10. The minimum atomic E-state index is -0.301. The van der Waals surface area contributed by atoms with Crippen LogP contribution in [0, 0.1) is 0 Å². The second kappa shape index (κ2) is 11.5. The molecule has 3 aromatic rings. The van der Waals surface area contributed by atoms with Gasteiger partial charge in [-0.2, -0.15) is 4.98 Å². The van der Waals surface area contributed by atoms with E-state index in [2.05, 4.69) is 12.2 Å². The van der Waals surface area contributed by atoms with Gasteiger partial charge in [0.1, 0.15) is 11.8 Å². The molecule has 2 heterocycles. The quantitative estimate of drug-likeness (QED) is 0.224. The Hall–Kier alpha value is -2.77. The molecule has 1 atom stereocenters. The molecule has 1 aliphatic carbocycles. The third-order valence-corrected chi connectivity index (χ3v) is 7.88. The predicted octanol–water partition coefficient (Wildman–Crippen LogP) is 7.20. The number of hydrogen-bond donors (Lipinski definition) is 1. The molecule has 1 aliphatic heterocycles. The van der Waals surface area contributed by atoms with Crippen LogP contribution in [-0.4, -0.2) is 27.2 Å². The van der Waals surface area contributed by atoms with Crippen LogP contribution in [0.4, 0.5) is 5.95 Å². The van der Waals surface area contributed by atoms with E-state index in [0.29, 0.717) is 23.3 Å². The maximum atomic E-state index is 13.1. The highest BCUT2D eigenvalue weighted by atomic mass is 35.5. The topological polar surface area (TPSA) is 69.0 Å². The molecule has 0 radical (unpaired) electrons. The molecule has 0 amide bonds. The van der Waals surface area contributed by atoms with Gasteiger partial charge < -0.3 is 10.1 Å². The molecule has 36 heavy (non-hydrogen) atoms. The molecule has 188 valence electrons. The molecule has 1 aromatic heterocycles. The van der Waals surface area contributed by atoms with Crippen molar-refractivity contribution in [3.63, 3.8) is 0 Å². The van der Waals surface area contributed by atoms with Crippen molar-refractivity contribution >= 4 is 35.1 Å². The summed E-state index contributed by atoms with van der Waals surface area (Å²) in [7, 11) is 0. The van der Waals surface area contributed by atoms with Gasteiger partial charge in [0.25, 0.3) is 0 Å². The van der Waals surface area contributed by atoms with E-state index < -0.39 is 0 Å². The van der Waals surface area contributed by atoms with Gasteiger partial charge in [-0.1, -0.05) is 79.9 Å². The Bertz CT molecular complexity index is 1250. The number of unbranched alkanes of at least 4 members (excludes halogenated alkanes) is 3. The first kappa shape index (κ1) is 24.9. The number of aromatic nitrogens is 3. The summed E-state index contributed by atoms with van der Waals surface area (Å²) in [4.78, 5) is 17.8. The van der Waals surface area contributed by atoms with E-state index in [-0.39, 0.29) is 11.8 Å². The molecule has 5 rings (SSSR count). The lowest BCUT2D eigenvalue weighted by Crippen LogP contribution is -2.31. The second-order valence-electron chi connectivity index (χ2n) is 9.22. The fraction of sp³-hybridized carbons (Fsp3) is 0.393. The van der Waals surface area contributed by atoms with Gasteiger partial charge in [-0.3, -0.25) is 4.79 Å². The number of benzene rings is 2. The van der Waals surface area contributed by atoms with Crippen LogP contribution in [0.1, 0.15) is 69.0 Å². The smallest absolute Gasteiger partial charge is 0.227 e. The number of allylic oxidation sites excluding steroid dienone is 2. The maximum Gasteiger partial charge on any atom is 0.227 e. The van der Waals surface area contributed by atoms with Crippen LogP contribution in [0.5, 0.6) is 5.75 Å². The van der Waals surface area contributed by atoms with Crippen molar-refractivity contribution in [3.8, 4) is 5.75 Å². The molecule has 2 aliphatic rings. The monoisotopic (exact) mass is 522 g/mol. The normalized spacial score (nSPS) is 16.9. The summed E-state index contributed by atoms with van der Waals surface area (Å²) in [5.41, 5.74) is 3.82. The van der Waals surface area contributed by atoms with Crippen LogP contribution in [-0.2, 0) is 10.5 Å². The zero-order valence-electron chi connectivity index (χ0n) is 20.5. The fourth-order valence-corrected chi connectivity index (χ4v) is 5.84. The van der Waals surface area contributed by atoms with Gasteiger partial charge in [0.05, 0.1) is 6.61 Å². The second-order valence-corrected chi connectivity index (χ2v) is 10.6. The number of fused-ring (bicyclic) bond motifs is 1. The van der Waals surface area contributed by atoms with E-state index >= 15 is 0 Å². The molecule has 0 fully saturated rings. The number of ether oxygens (including phenoxy) is 1. The molecule has 2 aromatic carbocycles. The van der Waals surface area contributed by atoms with Gasteiger partial charge in [0, 0.05) is 28.5 Å². The van der Waals surface area contributed by atoms with Crippen LogP contribution < -0.4 is 10.1 Å². The van der Waals surface area contributed by atoms with Crippen molar-refractivity contribution < 1.29 is 9.53 Å². The summed E-state index contributed by atoms with van der Waals surface area (Å²) < 4.78 is 7.80. The van der Waals surface area contributed by atoms with Crippen LogP contribution >= 0.6 is 23.4 Å². The van der Waals surface area contributed by atoms with Crippen molar-refractivity contribution in [2.45, 2.75) is 68.8 Å². The van der Waals surface area contributed by atoms with Gasteiger partial charge in [-0.25, -0.2) is 4.68 Å². The summed E-state index contributed by atoms with van der Waals surface area (Å²) in [6, 6.07) is 15.6. The lowest BCUT2D eigenvalue weighted by atomic mass is 9.85. The molecule has 8 heteroatoms. The Balaban J connectivity index is 1.38. The van der Waals surface area contributed by atoms with E-state index in [0.717, 1.165) is 59.0 Å². The lowest BCUT2D eigenvalue weighted by Gasteiger charge is -2.32. The average Bonchev–Trinajstić information content (AvgIpc) is 3.30. The van der Waals surface area contributed by atoms with Crippen molar-refractivity contribution in [1.82, 2.24) is 14.8 Å². The minimum absolute atomic E-state index is 0.177. The van der Waals surface area contributed by atoms with Gasteiger partial charge in [0.2, 0.25) is 11.1 Å². The summed E-state index contributed by atoms with van der Waals surface area (Å²) in [5, 5.41) is 9.61. The Morgan fingerprint density at radius 2 is 1.94 bits per heavy atom. The molecular formula is C28H31ClN4O2S. The number of halogens is 1. The van der Waals surface area contributed by atoms with E-state index in [1.165, 1.54) is 31.0 Å². The highest BCUT2D eigenvalue weighted by molar-refractivity contribution is 7.98. The fourth-order valence-electron chi connectivity index (χ4n) is 4.73. The Kier molecular flexibility index (Phi) is 7.97. The first-order valence-electron chi connectivity index (χ1n) is 12.7. The number of nitrogens with one attached hydrogen (secondary N) is 1. The van der Waals surface area contributed by atoms with Crippen LogP contribution in [0.25, 0.3) is 0 Å². The number of nitrogens with zero attached hydrogens (tertiary/aromatic N) is 3. The molecule has 0 saturated heterocycles. The van der Waals surface area contributed by atoms with Crippen LogP contribution in [0.2, 0.25) is 5.02 Å². The molecule has 1 unspecified atom stereocenters. The zero-order valence-corrected chi connectivity index (χ0v) is 22.1. The summed E-state index contributed by atoms with van der Waals surface area (Å²) in [6.07, 6.45) is 6.96. The van der Waals surface area contributed by atoms with Crippen LogP contribution in [0.3, 0.4) is 0 Å². The van der Waals surface area contributed by atoms with E-state index in [1.807, 2.05) is 53.2 Å². The summed E-state index contributed by atoms with van der Waals surface area (Å²) in [5.74, 6) is 2.37. The van der Waals surface area contributed by atoms with Crippen LogP contribution in [0.15, 0.2) is 65.0 Å². The van der Waals surface area contributed by atoms with Crippen molar-refractivity contribution in [3.05, 3.63) is 76.0 Å². The SMILES string of the molecule is CCCCCCOc1ccc(C2C3=C(CCCC3=O)Nc3nc(SCc4ccccc4Cl)nn32)cc1. The molecular weight excluding hydrogens is 492 g/mol.